The second kappa shape index (κ2) is 5.77. The van der Waals surface area contributed by atoms with Crippen molar-refractivity contribution in [1.29, 1.82) is 0 Å². The van der Waals surface area contributed by atoms with Crippen LogP contribution in [0.5, 0.6) is 0 Å². The summed E-state index contributed by atoms with van der Waals surface area (Å²) in [5.41, 5.74) is 2.80. The van der Waals surface area contributed by atoms with Gasteiger partial charge in [-0.2, -0.15) is 4.98 Å². The Labute approximate surface area is 127 Å². The Morgan fingerprint density at radius 2 is 2.05 bits per heavy atom. The van der Waals surface area contributed by atoms with Crippen LogP contribution in [0, 0.1) is 0 Å². The first-order chi connectivity index (χ1) is 10.2. The Morgan fingerprint density at radius 1 is 1.29 bits per heavy atom. The molecule has 0 saturated heterocycles. The van der Waals surface area contributed by atoms with Crippen molar-refractivity contribution in [2.75, 3.05) is 6.26 Å². The lowest BCUT2D eigenvalue weighted by molar-refractivity contribution is 0.648. The number of thioether (sulfide) groups is 1. The van der Waals surface area contributed by atoms with E-state index in [1.807, 2.05) is 24.5 Å². The Hall–Kier alpha value is -2.01. The van der Waals surface area contributed by atoms with E-state index in [1.54, 1.807) is 4.57 Å². The zero-order valence-electron chi connectivity index (χ0n) is 12.1. The molecular weight excluding hydrogens is 282 g/mol. The van der Waals surface area contributed by atoms with Gasteiger partial charge in [0.15, 0.2) is 0 Å². The van der Waals surface area contributed by atoms with Crippen molar-refractivity contribution in [2.24, 2.45) is 0 Å². The van der Waals surface area contributed by atoms with Gasteiger partial charge in [0.05, 0.1) is 5.39 Å². The molecule has 0 aliphatic rings. The molecule has 0 atom stereocenters. The van der Waals surface area contributed by atoms with Crippen LogP contribution >= 0.6 is 11.8 Å². The lowest BCUT2D eigenvalue weighted by atomic mass is 10.1. The van der Waals surface area contributed by atoms with Gasteiger partial charge in [-0.15, -0.1) is 11.8 Å². The average molecular weight is 299 g/mol. The Bertz CT molecular complexity index is 821. The van der Waals surface area contributed by atoms with Crippen LogP contribution in [0.3, 0.4) is 0 Å². The Balaban J connectivity index is 2.28. The molecule has 1 aromatic carbocycles. The third kappa shape index (κ3) is 2.49. The molecule has 2 aromatic heterocycles. The van der Waals surface area contributed by atoms with Crippen molar-refractivity contribution in [3.63, 3.8) is 0 Å². The highest BCUT2D eigenvalue weighted by atomic mass is 32.2. The molecule has 21 heavy (non-hydrogen) atoms. The standard InChI is InChI=1S/C16H17N3OS/c1-3-9-19-14-12(15(21-2)18-16(19)20)10-13(17-14)11-7-5-4-6-8-11/h4-8,10,17H,3,9H2,1-2H3. The average Bonchev–Trinajstić information content (AvgIpc) is 2.96. The molecule has 0 amide bonds. The van der Waals surface area contributed by atoms with Gasteiger partial charge in [-0.1, -0.05) is 37.3 Å². The summed E-state index contributed by atoms with van der Waals surface area (Å²) in [7, 11) is 0. The van der Waals surface area contributed by atoms with Crippen LogP contribution in [0.1, 0.15) is 13.3 Å². The fraction of sp³-hybridized carbons (Fsp3) is 0.250. The van der Waals surface area contributed by atoms with Crippen LogP contribution < -0.4 is 5.69 Å². The monoisotopic (exact) mass is 299 g/mol. The number of rotatable bonds is 4. The molecule has 4 nitrogen and oxygen atoms in total. The summed E-state index contributed by atoms with van der Waals surface area (Å²) in [5.74, 6) is 0. The number of aromatic nitrogens is 3. The topological polar surface area (TPSA) is 50.7 Å². The maximum atomic E-state index is 12.2. The van der Waals surface area contributed by atoms with Crippen molar-refractivity contribution in [3.05, 3.63) is 46.9 Å². The minimum absolute atomic E-state index is 0.185. The molecule has 0 radical (unpaired) electrons. The van der Waals surface area contributed by atoms with Gasteiger partial charge in [0.2, 0.25) is 0 Å². The van der Waals surface area contributed by atoms with Gasteiger partial charge < -0.3 is 4.98 Å². The quantitative estimate of drug-likeness (QED) is 0.592. The summed E-state index contributed by atoms with van der Waals surface area (Å²) in [6.07, 6.45) is 2.84. The van der Waals surface area contributed by atoms with Gasteiger partial charge in [0.25, 0.3) is 0 Å². The summed E-state index contributed by atoms with van der Waals surface area (Å²) >= 11 is 1.50. The fourth-order valence-electron chi connectivity index (χ4n) is 2.48. The first kappa shape index (κ1) is 13.9. The Morgan fingerprint density at radius 3 is 2.71 bits per heavy atom. The van der Waals surface area contributed by atoms with E-state index in [-0.39, 0.29) is 5.69 Å². The van der Waals surface area contributed by atoms with Gasteiger partial charge in [-0.3, -0.25) is 4.57 Å². The van der Waals surface area contributed by atoms with Gasteiger partial charge in [-0.05, 0) is 24.3 Å². The van der Waals surface area contributed by atoms with Gasteiger partial charge >= 0.3 is 5.69 Å². The van der Waals surface area contributed by atoms with Gasteiger partial charge in [0, 0.05) is 12.2 Å². The lowest BCUT2D eigenvalue weighted by Gasteiger charge is -2.06. The highest BCUT2D eigenvalue weighted by molar-refractivity contribution is 7.98. The SMILES string of the molecule is CCCn1c(=O)nc(SC)c2cc(-c3ccccc3)[nH]c21. The van der Waals surface area contributed by atoms with Crippen molar-refractivity contribution >= 4 is 22.8 Å². The molecule has 0 unspecified atom stereocenters. The maximum absolute atomic E-state index is 12.2. The molecular formula is C16H17N3OS. The third-order valence-corrected chi connectivity index (χ3v) is 4.15. The van der Waals surface area contributed by atoms with E-state index >= 15 is 0 Å². The number of benzene rings is 1. The highest BCUT2D eigenvalue weighted by Gasteiger charge is 2.13. The summed E-state index contributed by atoms with van der Waals surface area (Å²) in [6.45, 7) is 2.73. The maximum Gasteiger partial charge on any atom is 0.350 e. The third-order valence-electron chi connectivity index (χ3n) is 3.45. The van der Waals surface area contributed by atoms with E-state index in [2.05, 4.69) is 35.1 Å². The second-order valence-corrected chi connectivity index (χ2v) is 5.66. The number of aromatic amines is 1. The summed E-state index contributed by atoms with van der Waals surface area (Å²) < 4.78 is 1.72. The normalized spacial score (nSPS) is 11.1. The molecule has 108 valence electrons. The molecule has 3 rings (SSSR count). The molecule has 0 bridgehead atoms. The van der Waals surface area contributed by atoms with Crippen LogP contribution in [0.4, 0.5) is 0 Å². The first-order valence-corrected chi connectivity index (χ1v) is 8.20. The minimum Gasteiger partial charge on any atom is -0.340 e. The van der Waals surface area contributed by atoms with Crippen LogP contribution in [-0.4, -0.2) is 20.8 Å². The summed E-state index contributed by atoms with van der Waals surface area (Å²) in [4.78, 5) is 19.8. The molecule has 0 saturated carbocycles. The van der Waals surface area contributed by atoms with E-state index in [4.69, 9.17) is 0 Å². The number of H-pyrrole nitrogens is 1. The molecule has 1 N–H and O–H groups in total. The zero-order valence-corrected chi connectivity index (χ0v) is 12.9. The number of hydrogen-bond donors (Lipinski definition) is 1. The van der Waals surface area contributed by atoms with Crippen molar-refractivity contribution < 1.29 is 0 Å². The van der Waals surface area contributed by atoms with Gasteiger partial charge in [-0.25, -0.2) is 4.79 Å². The second-order valence-electron chi connectivity index (χ2n) is 4.87. The van der Waals surface area contributed by atoms with E-state index in [0.29, 0.717) is 6.54 Å². The summed E-state index contributed by atoms with van der Waals surface area (Å²) in [6, 6.07) is 12.2. The first-order valence-electron chi connectivity index (χ1n) is 6.97. The number of fused-ring (bicyclic) bond motifs is 1. The molecule has 2 heterocycles. The van der Waals surface area contributed by atoms with Gasteiger partial charge in [0.1, 0.15) is 10.7 Å². The van der Waals surface area contributed by atoms with Crippen LogP contribution in [0.2, 0.25) is 0 Å². The number of nitrogens with zero attached hydrogens (tertiary/aromatic N) is 2. The molecule has 0 aliphatic heterocycles. The van der Waals surface area contributed by atoms with E-state index in [9.17, 15) is 4.79 Å². The minimum atomic E-state index is -0.185. The fourth-order valence-corrected chi connectivity index (χ4v) is 3.03. The number of hydrogen-bond acceptors (Lipinski definition) is 3. The van der Waals surface area contributed by atoms with Crippen LogP contribution in [0.15, 0.2) is 46.2 Å². The van der Waals surface area contributed by atoms with Crippen LogP contribution in [0.25, 0.3) is 22.3 Å². The number of nitrogens with one attached hydrogen (secondary N) is 1. The zero-order chi connectivity index (χ0) is 14.8. The van der Waals surface area contributed by atoms with Crippen molar-refractivity contribution in [2.45, 2.75) is 24.9 Å². The van der Waals surface area contributed by atoms with Crippen molar-refractivity contribution in [1.82, 2.24) is 14.5 Å². The largest absolute Gasteiger partial charge is 0.350 e. The highest BCUT2D eigenvalue weighted by Crippen LogP contribution is 2.28. The Kier molecular flexibility index (Phi) is 3.84. The predicted octanol–water partition coefficient (Wildman–Crippen LogP) is 3.52. The predicted molar refractivity (Wildman–Crippen MR) is 87.9 cm³/mol. The van der Waals surface area contributed by atoms with E-state index in [0.717, 1.165) is 33.7 Å². The number of aryl methyl sites for hydroxylation is 1. The lowest BCUT2D eigenvalue weighted by Crippen LogP contribution is -2.23. The van der Waals surface area contributed by atoms with E-state index in [1.165, 1.54) is 11.8 Å². The smallest absolute Gasteiger partial charge is 0.340 e. The molecule has 0 fully saturated rings. The van der Waals surface area contributed by atoms with Crippen LogP contribution in [-0.2, 0) is 6.54 Å². The summed E-state index contributed by atoms with van der Waals surface area (Å²) in [5, 5.41) is 1.79. The molecule has 3 aromatic rings. The van der Waals surface area contributed by atoms with E-state index < -0.39 is 0 Å². The molecule has 5 heteroatoms. The van der Waals surface area contributed by atoms with Crippen molar-refractivity contribution in [3.8, 4) is 11.3 Å². The molecule has 0 spiro atoms. The molecule has 0 aliphatic carbocycles.